The van der Waals surface area contributed by atoms with Crippen molar-refractivity contribution in [3.63, 3.8) is 0 Å². The molecule has 0 aromatic heterocycles. The summed E-state index contributed by atoms with van der Waals surface area (Å²) >= 11 is 1.26. The first-order valence-corrected chi connectivity index (χ1v) is 12.2. The third-order valence-corrected chi connectivity index (χ3v) is 7.74. The summed E-state index contributed by atoms with van der Waals surface area (Å²) < 4.78 is 45.9. The number of ether oxygens (including phenoxy) is 1. The van der Waals surface area contributed by atoms with Crippen molar-refractivity contribution in [1.29, 1.82) is 0 Å². The summed E-state index contributed by atoms with van der Waals surface area (Å²) in [5, 5.41) is 2.73. The van der Waals surface area contributed by atoms with Gasteiger partial charge in [-0.1, -0.05) is 12.8 Å². The Labute approximate surface area is 180 Å². The maximum Gasteiger partial charge on any atom is 0.243 e. The minimum absolute atomic E-state index is 0.0951. The number of nitrogens with one attached hydrogen (secondary N) is 1. The number of carbonyl (C=O) groups excluding carboxylic acids is 1. The van der Waals surface area contributed by atoms with Gasteiger partial charge in [0.2, 0.25) is 15.9 Å². The van der Waals surface area contributed by atoms with Gasteiger partial charge < -0.3 is 10.1 Å². The average molecular weight is 453 g/mol. The molecule has 1 heterocycles. The van der Waals surface area contributed by atoms with Gasteiger partial charge >= 0.3 is 0 Å². The number of anilines is 1. The third-order valence-electron chi connectivity index (χ3n) is 4.83. The first-order valence-electron chi connectivity index (χ1n) is 9.76. The smallest absolute Gasteiger partial charge is 0.243 e. The Balaban J connectivity index is 1.73. The molecule has 2 aromatic carbocycles. The molecule has 1 aliphatic rings. The monoisotopic (exact) mass is 452 g/mol. The molecule has 2 aromatic rings. The van der Waals surface area contributed by atoms with E-state index in [2.05, 4.69) is 5.32 Å². The van der Waals surface area contributed by atoms with Crippen LogP contribution >= 0.6 is 11.8 Å². The summed E-state index contributed by atoms with van der Waals surface area (Å²) in [6.45, 7) is 1.01. The topological polar surface area (TPSA) is 75.7 Å². The molecular weight excluding hydrogens is 427 g/mol. The number of nitrogens with zero attached hydrogens (tertiary/aromatic N) is 1. The van der Waals surface area contributed by atoms with E-state index in [1.54, 1.807) is 18.2 Å². The van der Waals surface area contributed by atoms with Crippen molar-refractivity contribution in [3.8, 4) is 5.75 Å². The Kier molecular flexibility index (Phi) is 7.74. The number of hydrogen-bond donors (Lipinski definition) is 1. The van der Waals surface area contributed by atoms with E-state index in [0.29, 0.717) is 24.5 Å². The van der Waals surface area contributed by atoms with Gasteiger partial charge in [0.15, 0.2) is 0 Å². The van der Waals surface area contributed by atoms with E-state index in [-0.39, 0.29) is 22.4 Å². The zero-order chi connectivity index (χ0) is 21.6. The minimum Gasteiger partial charge on any atom is -0.495 e. The lowest BCUT2D eigenvalue weighted by atomic mass is 10.2. The standard InChI is InChI=1S/C21H25FN2O4S2/c1-28-20-11-10-18(30(26,27)24-12-4-2-3-5-13-24)14-19(20)23-21(25)15-29-17-8-6-16(22)7-9-17/h6-11,14H,2-5,12-13,15H2,1H3,(H,23,25). The van der Waals surface area contributed by atoms with E-state index in [9.17, 15) is 17.6 Å². The normalized spacial score (nSPS) is 15.4. The molecule has 3 rings (SSSR count). The molecule has 0 unspecified atom stereocenters. The molecule has 0 saturated carbocycles. The fraction of sp³-hybridized carbons (Fsp3) is 0.381. The lowest BCUT2D eigenvalue weighted by Gasteiger charge is -2.21. The first kappa shape index (κ1) is 22.6. The number of rotatable bonds is 7. The second kappa shape index (κ2) is 10.3. The first-order chi connectivity index (χ1) is 14.4. The van der Waals surface area contributed by atoms with Crippen molar-refractivity contribution < 1.29 is 22.3 Å². The zero-order valence-corrected chi connectivity index (χ0v) is 18.4. The van der Waals surface area contributed by atoms with Crippen LogP contribution in [0.25, 0.3) is 0 Å². The van der Waals surface area contributed by atoms with Crippen LogP contribution in [0.1, 0.15) is 25.7 Å². The van der Waals surface area contributed by atoms with Gasteiger partial charge in [-0.2, -0.15) is 4.31 Å². The van der Waals surface area contributed by atoms with Gasteiger partial charge in [0, 0.05) is 18.0 Å². The molecule has 0 bridgehead atoms. The van der Waals surface area contributed by atoms with Crippen molar-refractivity contribution in [2.45, 2.75) is 35.5 Å². The van der Waals surface area contributed by atoms with Crippen molar-refractivity contribution in [1.82, 2.24) is 4.31 Å². The van der Waals surface area contributed by atoms with E-state index in [0.717, 1.165) is 30.6 Å². The van der Waals surface area contributed by atoms with Gasteiger partial charge in [0.25, 0.3) is 0 Å². The van der Waals surface area contributed by atoms with Crippen LogP contribution in [0.3, 0.4) is 0 Å². The summed E-state index contributed by atoms with van der Waals surface area (Å²) in [7, 11) is -2.18. The van der Waals surface area contributed by atoms with Crippen molar-refractivity contribution in [2.24, 2.45) is 0 Å². The average Bonchev–Trinajstić information content (AvgIpc) is 3.03. The molecule has 0 aliphatic carbocycles. The number of methoxy groups -OCH3 is 1. The van der Waals surface area contributed by atoms with Crippen molar-refractivity contribution >= 4 is 33.4 Å². The van der Waals surface area contributed by atoms with Crippen molar-refractivity contribution in [3.05, 3.63) is 48.3 Å². The van der Waals surface area contributed by atoms with Crippen LogP contribution in [-0.4, -0.2) is 44.6 Å². The largest absolute Gasteiger partial charge is 0.495 e. The Bertz CT molecular complexity index is 973. The van der Waals surface area contributed by atoms with Crippen LogP contribution in [0, 0.1) is 5.82 Å². The summed E-state index contributed by atoms with van der Waals surface area (Å²) in [5.74, 6) is -0.175. The molecule has 0 radical (unpaired) electrons. The maximum absolute atomic E-state index is 13.1. The van der Waals surface area contributed by atoms with Gasteiger partial charge in [0.1, 0.15) is 11.6 Å². The Morgan fingerprint density at radius 3 is 2.40 bits per heavy atom. The second-order valence-corrected chi connectivity index (χ2v) is 9.96. The van der Waals surface area contributed by atoms with Gasteiger partial charge in [-0.15, -0.1) is 11.8 Å². The SMILES string of the molecule is COc1ccc(S(=O)(=O)N2CCCCCC2)cc1NC(=O)CSc1ccc(F)cc1. The Morgan fingerprint density at radius 1 is 1.10 bits per heavy atom. The lowest BCUT2D eigenvalue weighted by Crippen LogP contribution is -2.32. The number of amides is 1. The van der Waals surface area contributed by atoms with Crippen LogP contribution < -0.4 is 10.1 Å². The Hall–Kier alpha value is -2.10. The molecule has 30 heavy (non-hydrogen) atoms. The molecule has 162 valence electrons. The summed E-state index contributed by atoms with van der Waals surface area (Å²) in [6.07, 6.45) is 3.75. The minimum atomic E-state index is -3.64. The number of benzene rings is 2. The van der Waals surface area contributed by atoms with E-state index in [1.807, 2.05) is 0 Å². The van der Waals surface area contributed by atoms with E-state index >= 15 is 0 Å². The van der Waals surface area contributed by atoms with Gasteiger partial charge in [0.05, 0.1) is 23.4 Å². The fourth-order valence-electron chi connectivity index (χ4n) is 3.24. The fourth-order valence-corrected chi connectivity index (χ4v) is 5.48. The highest BCUT2D eigenvalue weighted by Gasteiger charge is 2.26. The van der Waals surface area contributed by atoms with E-state index in [1.165, 1.54) is 47.4 Å². The molecule has 1 aliphatic heterocycles. The van der Waals surface area contributed by atoms with Crippen LogP contribution in [0.4, 0.5) is 10.1 Å². The molecule has 1 fully saturated rings. The van der Waals surface area contributed by atoms with Crippen LogP contribution in [0.5, 0.6) is 5.75 Å². The Morgan fingerprint density at radius 2 is 1.77 bits per heavy atom. The number of hydrogen-bond acceptors (Lipinski definition) is 5. The quantitative estimate of drug-likeness (QED) is 0.640. The molecule has 1 amide bonds. The highest BCUT2D eigenvalue weighted by atomic mass is 32.2. The number of carbonyl (C=O) groups is 1. The number of sulfonamides is 1. The molecule has 0 spiro atoms. The molecule has 0 atom stereocenters. The van der Waals surface area contributed by atoms with Gasteiger partial charge in [-0.3, -0.25) is 4.79 Å². The van der Waals surface area contributed by atoms with Crippen LogP contribution in [-0.2, 0) is 14.8 Å². The van der Waals surface area contributed by atoms with Gasteiger partial charge in [-0.25, -0.2) is 12.8 Å². The highest BCUT2D eigenvalue weighted by molar-refractivity contribution is 8.00. The lowest BCUT2D eigenvalue weighted by molar-refractivity contribution is -0.113. The van der Waals surface area contributed by atoms with Crippen LogP contribution in [0.2, 0.25) is 0 Å². The molecule has 9 heteroatoms. The molecule has 1 N–H and O–H groups in total. The predicted octanol–water partition coefficient (Wildman–Crippen LogP) is 4.13. The maximum atomic E-state index is 13.1. The zero-order valence-electron chi connectivity index (χ0n) is 16.8. The van der Waals surface area contributed by atoms with E-state index < -0.39 is 10.0 Å². The number of halogens is 1. The predicted molar refractivity (Wildman–Crippen MR) is 116 cm³/mol. The van der Waals surface area contributed by atoms with Gasteiger partial charge in [-0.05, 0) is 55.3 Å². The summed E-state index contributed by atoms with van der Waals surface area (Å²) in [6, 6.07) is 10.4. The summed E-state index contributed by atoms with van der Waals surface area (Å²) in [5.41, 5.74) is 0.304. The number of thioether (sulfide) groups is 1. The van der Waals surface area contributed by atoms with Crippen LogP contribution in [0.15, 0.2) is 52.3 Å². The van der Waals surface area contributed by atoms with E-state index in [4.69, 9.17) is 4.74 Å². The molecule has 6 nitrogen and oxygen atoms in total. The molecule has 1 saturated heterocycles. The highest BCUT2D eigenvalue weighted by Crippen LogP contribution is 2.30. The molecular formula is C21H25FN2O4S2. The second-order valence-electron chi connectivity index (χ2n) is 6.97. The van der Waals surface area contributed by atoms with Crippen molar-refractivity contribution in [2.75, 3.05) is 31.3 Å². The summed E-state index contributed by atoms with van der Waals surface area (Å²) in [4.78, 5) is 13.3. The third kappa shape index (κ3) is 5.74.